The Hall–Kier alpha value is -1.98. The minimum atomic E-state index is -0.700. The average molecular weight is 304 g/mol. The molecule has 0 amide bonds. The third-order valence-corrected chi connectivity index (χ3v) is 3.46. The van der Waals surface area contributed by atoms with E-state index in [1.807, 2.05) is 24.3 Å². The van der Waals surface area contributed by atoms with Gasteiger partial charge in [0.1, 0.15) is 25.1 Å². The molecule has 1 atom stereocenters. The van der Waals surface area contributed by atoms with Crippen LogP contribution in [0, 0.1) is 0 Å². The highest BCUT2D eigenvalue weighted by molar-refractivity contribution is 5.47. The normalized spacial score (nSPS) is 15.0. The lowest BCUT2D eigenvalue weighted by atomic mass is 10.1. The zero-order chi connectivity index (χ0) is 15.2. The van der Waals surface area contributed by atoms with Crippen LogP contribution in [0.25, 0.3) is 0 Å². The van der Waals surface area contributed by atoms with Crippen molar-refractivity contribution in [3.63, 3.8) is 0 Å². The molecule has 2 aromatic rings. The van der Waals surface area contributed by atoms with E-state index < -0.39 is 6.10 Å². The highest BCUT2D eigenvalue weighted by atomic mass is 16.5. The van der Waals surface area contributed by atoms with Crippen LogP contribution in [0.2, 0.25) is 0 Å². The Morgan fingerprint density at radius 3 is 3.00 bits per heavy atom. The van der Waals surface area contributed by atoms with Crippen LogP contribution in [0.1, 0.15) is 17.7 Å². The number of rotatable bonds is 7. The van der Waals surface area contributed by atoms with Crippen LogP contribution in [-0.4, -0.2) is 31.0 Å². The molecule has 0 spiro atoms. The molecular weight excluding hydrogens is 284 g/mol. The molecule has 0 fully saturated rings. The van der Waals surface area contributed by atoms with Crippen molar-refractivity contribution in [2.75, 3.05) is 19.8 Å². The summed E-state index contributed by atoms with van der Waals surface area (Å²) in [6.07, 6.45) is 2.92. The fourth-order valence-corrected chi connectivity index (χ4v) is 2.40. The summed E-state index contributed by atoms with van der Waals surface area (Å²) >= 11 is 0. The van der Waals surface area contributed by atoms with Gasteiger partial charge in [-0.15, -0.1) is 0 Å². The highest BCUT2D eigenvalue weighted by Gasteiger charge is 2.16. The molecule has 5 heteroatoms. The van der Waals surface area contributed by atoms with E-state index in [4.69, 9.17) is 18.6 Å². The summed E-state index contributed by atoms with van der Waals surface area (Å²) in [5.41, 5.74) is 1.16. The first-order chi connectivity index (χ1) is 10.8. The number of furan rings is 1. The number of aliphatic hydroxyl groups excluding tert-OH is 1. The molecule has 22 heavy (non-hydrogen) atoms. The summed E-state index contributed by atoms with van der Waals surface area (Å²) in [5, 5.41) is 9.92. The Morgan fingerprint density at radius 2 is 2.14 bits per heavy atom. The number of ether oxygens (including phenoxy) is 3. The summed E-state index contributed by atoms with van der Waals surface area (Å²) in [6.45, 7) is 1.41. The first-order valence-corrected chi connectivity index (χ1v) is 7.48. The van der Waals surface area contributed by atoms with Gasteiger partial charge in [0.25, 0.3) is 0 Å². The summed E-state index contributed by atoms with van der Waals surface area (Å²) in [4.78, 5) is 0. The third kappa shape index (κ3) is 3.81. The van der Waals surface area contributed by atoms with Crippen LogP contribution in [0.15, 0.2) is 41.0 Å². The highest BCUT2D eigenvalue weighted by Crippen LogP contribution is 2.34. The predicted octanol–water partition coefficient (Wildman–Crippen LogP) is 2.56. The lowest BCUT2D eigenvalue weighted by Crippen LogP contribution is -2.23. The molecule has 2 heterocycles. The molecule has 0 bridgehead atoms. The Balaban J connectivity index is 1.46. The molecule has 118 valence electrons. The van der Waals surface area contributed by atoms with Crippen LogP contribution in [0.3, 0.4) is 0 Å². The maximum Gasteiger partial charge on any atom is 0.164 e. The van der Waals surface area contributed by atoms with Gasteiger partial charge in [-0.05, 0) is 36.6 Å². The van der Waals surface area contributed by atoms with Gasteiger partial charge in [-0.3, -0.25) is 0 Å². The smallest absolute Gasteiger partial charge is 0.164 e. The summed E-state index contributed by atoms with van der Waals surface area (Å²) in [6, 6.07) is 9.49. The van der Waals surface area contributed by atoms with Crippen molar-refractivity contribution in [3.8, 4) is 11.5 Å². The van der Waals surface area contributed by atoms with E-state index in [-0.39, 0.29) is 13.2 Å². The topological polar surface area (TPSA) is 61.1 Å². The number of aliphatic hydroxyl groups is 1. The fraction of sp³-hybridized carbons (Fsp3) is 0.412. The van der Waals surface area contributed by atoms with Gasteiger partial charge in [0.05, 0.1) is 19.5 Å². The quantitative estimate of drug-likeness (QED) is 0.852. The van der Waals surface area contributed by atoms with E-state index >= 15 is 0 Å². The molecule has 5 nitrogen and oxygen atoms in total. The van der Waals surface area contributed by atoms with Crippen LogP contribution in [-0.2, 0) is 17.8 Å². The van der Waals surface area contributed by atoms with Crippen molar-refractivity contribution in [1.29, 1.82) is 0 Å². The molecule has 0 aliphatic carbocycles. The van der Waals surface area contributed by atoms with Crippen LogP contribution in [0.4, 0.5) is 0 Å². The summed E-state index contributed by atoms with van der Waals surface area (Å²) < 4.78 is 21.9. The van der Waals surface area contributed by atoms with Gasteiger partial charge in [0.15, 0.2) is 11.5 Å². The minimum absolute atomic E-state index is 0.165. The van der Waals surface area contributed by atoms with Gasteiger partial charge in [0.2, 0.25) is 0 Å². The minimum Gasteiger partial charge on any atom is -0.489 e. The van der Waals surface area contributed by atoms with E-state index in [1.165, 1.54) is 0 Å². The number of para-hydroxylation sites is 1. The first kappa shape index (κ1) is 14.9. The third-order valence-electron chi connectivity index (χ3n) is 3.46. The fourth-order valence-electron chi connectivity index (χ4n) is 2.40. The number of aryl methyl sites for hydroxylation is 1. The number of benzene rings is 1. The molecule has 3 rings (SSSR count). The average Bonchev–Trinajstić information content (AvgIpc) is 3.06. The Bertz CT molecular complexity index is 579. The van der Waals surface area contributed by atoms with E-state index in [0.717, 1.165) is 29.9 Å². The van der Waals surface area contributed by atoms with E-state index in [1.54, 1.807) is 12.3 Å². The lowest BCUT2D eigenvalue weighted by Gasteiger charge is -2.21. The van der Waals surface area contributed by atoms with Gasteiger partial charge >= 0.3 is 0 Å². The predicted molar refractivity (Wildman–Crippen MR) is 80.1 cm³/mol. The van der Waals surface area contributed by atoms with E-state index in [0.29, 0.717) is 19.0 Å². The number of fused-ring (bicyclic) bond motifs is 1. The van der Waals surface area contributed by atoms with Crippen molar-refractivity contribution in [2.45, 2.75) is 25.6 Å². The second kappa shape index (κ2) is 7.33. The number of hydrogen-bond donors (Lipinski definition) is 1. The largest absolute Gasteiger partial charge is 0.489 e. The zero-order valence-corrected chi connectivity index (χ0v) is 12.4. The van der Waals surface area contributed by atoms with E-state index in [2.05, 4.69) is 0 Å². The summed E-state index contributed by atoms with van der Waals surface area (Å²) in [5.74, 6) is 2.22. The van der Waals surface area contributed by atoms with Gasteiger partial charge < -0.3 is 23.7 Å². The molecular formula is C17H20O5. The maximum atomic E-state index is 9.92. The monoisotopic (exact) mass is 304 g/mol. The first-order valence-electron chi connectivity index (χ1n) is 7.48. The second-order valence-corrected chi connectivity index (χ2v) is 5.26. The molecule has 1 aliphatic rings. The van der Waals surface area contributed by atoms with E-state index in [9.17, 15) is 5.11 Å². The van der Waals surface area contributed by atoms with Gasteiger partial charge in [0, 0.05) is 0 Å². The second-order valence-electron chi connectivity index (χ2n) is 5.26. The Kier molecular flexibility index (Phi) is 4.98. The van der Waals surface area contributed by atoms with Crippen molar-refractivity contribution in [1.82, 2.24) is 0 Å². The molecule has 0 radical (unpaired) electrons. The zero-order valence-electron chi connectivity index (χ0n) is 12.4. The van der Waals surface area contributed by atoms with Crippen LogP contribution in [0.5, 0.6) is 11.5 Å². The number of hydrogen-bond acceptors (Lipinski definition) is 5. The van der Waals surface area contributed by atoms with Crippen molar-refractivity contribution >= 4 is 0 Å². The van der Waals surface area contributed by atoms with Gasteiger partial charge in [-0.25, -0.2) is 0 Å². The SMILES string of the molecule is OC(COCc1ccco1)COc1cccc2c1OCCC2. The molecule has 1 unspecified atom stereocenters. The lowest BCUT2D eigenvalue weighted by molar-refractivity contribution is 0.000335. The molecule has 1 aromatic heterocycles. The standard InChI is InChI=1S/C17H20O5/c18-14(10-19-12-15-6-3-8-20-15)11-22-16-7-1-4-13-5-2-9-21-17(13)16/h1,3-4,6-8,14,18H,2,5,9-12H2. The van der Waals surface area contributed by atoms with Gasteiger partial charge in [-0.2, -0.15) is 0 Å². The molecule has 1 aliphatic heterocycles. The van der Waals surface area contributed by atoms with Crippen molar-refractivity contribution in [3.05, 3.63) is 47.9 Å². The Morgan fingerprint density at radius 1 is 1.18 bits per heavy atom. The van der Waals surface area contributed by atoms with Gasteiger partial charge in [-0.1, -0.05) is 12.1 Å². The Labute approximate surface area is 129 Å². The van der Waals surface area contributed by atoms with Crippen molar-refractivity contribution < 1.29 is 23.7 Å². The molecule has 0 saturated heterocycles. The van der Waals surface area contributed by atoms with Crippen LogP contribution < -0.4 is 9.47 Å². The van der Waals surface area contributed by atoms with Crippen molar-refractivity contribution in [2.24, 2.45) is 0 Å². The van der Waals surface area contributed by atoms with Crippen LogP contribution >= 0.6 is 0 Å². The maximum absolute atomic E-state index is 9.92. The molecule has 1 N–H and O–H groups in total. The summed E-state index contributed by atoms with van der Waals surface area (Å²) in [7, 11) is 0. The molecule has 1 aromatic carbocycles. The molecule has 0 saturated carbocycles.